The third kappa shape index (κ3) is 5.60. The van der Waals surface area contributed by atoms with Crippen LogP contribution in [0, 0.1) is 18.6 Å². The average Bonchev–Trinajstić information content (AvgIpc) is 3.00. The second kappa shape index (κ2) is 11.9. The maximum atomic E-state index is 15.9. The summed E-state index contributed by atoms with van der Waals surface area (Å²) in [5, 5.41) is -0.843. The number of nitrogens with one attached hydrogen (secondary N) is 1. The van der Waals surface area contributed by atoms with Crippen molar-refractivity contribution in [2.45, 2.75) is 31.1 Å². The summed E-state index contributed by atoms with van der Waals surface area (Å²) in [5.74, 6) is -3.27. The van der Waals surface area contributed by atoms with E-state index in [1.165, 1.54) is 17.9 Å². The Kier molecular flexibility index (Phi) is 8.41. The van der Waals surface area contributed by atoms with E-state index >= 15 is 8.78 Å². The minimum Gasteiger partial charge on any atom is -0.350 e. The van der Waals surface area contributed by atoms with Gasteiger partial charge < -0.3 is 9.80 Å². The third-order valence-electron chi connectivity index (χ3n) is 7.58. The zero-order valence-corrected chi connectivity index (χ0v) is 25.4. The fraction of sp³-hybridized carbons (Fsp3) is 0.276. The molecule has 1 amide bonds. The lowest BCUT2D eigenvalue weighted by atomic mass is 10.0. The van der Waals surface area contributed by atoms with E-state index in [1.807, 2.05) is 0 Å². The molecule has 1 saturated heterocycles. The minimum absolute atomic E-state index is 0.104. The Labute approximate surface area is 259 Å². The monoisotopic (exact) mass is 663 g/mol. The highest BCUT2D eigenvalue weighted by molar-refractivity contribution is 7.89. The Morgan fingerprint density at radius 1 is 1.13 bits per heavy atom. The second-order valence-corrected chi connectivity index (χ2v) is 12.2. The summed E-state index contributed by atoms with van der Waals surface area (Å²) in [6.07, 6.45) is -2.81. The van der Waals surface area contributed by atoms with E-state index in [0.29, 0.717) is 16.7 Å². The molecule has 1 atom stereocenters. The highest BCUT2D eigenvalue weighted by atomic mass is 32.2. The summed E-state index contributed by atoms with van der Waals surface area (Å²) < 4.78 is 102. The molecule has 0 spiro atoms. The molecule has 1 fully saturated rings. The Bertz CT molecular complexity index is 2070. The van der Waals surface area contributed by atoms with Crippen LogP contribution in [-0.4, -0.2) is 71.5 Å². The second-order valence-electron chi connectivity index (χ2n) is 10.4. The molecule has 4 aromatic rings. The van der Waals surface area contributed by atoms with Crippen LogP contribution in [0.5, 0.6) is 0 Å². The van der Waals surface area contributed by atoms with Gasteiger partial charge in [0.1, 0.15) is 17.3 Å². The third-order valence-corrected chi connectivity index (χ3v) is 8.93. The molecular formula is C29H26F5N7O4S. The van der Waals surface area contributed by atoms with Crippen molar-refractivity contribution in [2.75, 3.05) is 31.6 Å². The van der Waals surface area contributed by atoms with E-state index in [0.717, 1.165) is 31.5 Å². The van der Waals surface area contributed by atoms with Crippen LogP contribution in [0.25, 0.3) is 28.0 Å². The number of halogens is 5. The van der Waals surface area contributed by atoms with Gasteiger partial charge in [0.25, 0.3) is 10.0 Å². The van der Waals surface area contributed by atoms with Crippen molar-refractivity contribution in [3.63, 3.8) is 0 Å². The van der Waals surface area contributed by atoms with Crippen molar-refractivity contribution < 1.29 is 35.2 Å². The van der Waals surface area contributed by atoms with Crippen LogP contribution in [0.3, 0.4) is 0 Å². The maximum Gasteiger partial charge on any atom is 0.417 e. The highest BCUT2D eigenvalue weighted by Crippen LogP contribution is 2.40. The number of nitrogens with zero attached hydrogens (tertiary/aromatic N) is 6. The number of fused-ring (bicyclic) bond motifs is 1. The first kappa shape index (κ1) is 32.6. The van der Waals surface area contributed by atoms with Crippen LogP contribution >= 0.6 is 0 Å². The minimum atomic E-state index is -5.12. The fourth-order valence-corrected chi connectivity index (χ4v) is 6.29. The lowest BCUT2D eigenvalue weighted by Crippen LogP contribution is -2.54. The van der Waals surface area contributed by atoms with Crippen LogP contribution in [-0.2, 0) is 21.0 Å². The summed E-state index contributed by atoms with van der Waals surface area (Å²) in [4.78, 5) is 41.4. The Morgan fingerprint density at radius 2 is 1.85 bits per heavy atom. The number of hydrogen-bond acceptors (Lipinski definition) is 8. The number of aryl methyl sites for hydroxylation is 1. The molecule has 5 rings (SSSR count). The summed E-state index contributed by atoms with van der Waals surface area (Å²) >= 11 is 0. The van der Waals surface area contributed by atoms with Crippen LogP contribution in [0.4, 0.5) is 27.8 Å². The normalized spacial score (nSPS) is 15.8. The highest BCUT2D eigenvalue weighted by Gasteiger charge is 2.37. The molecule has 1 N–H and O–H groups in total. The Morgan fingerprint density at radius 3 is 2.48 bits per heavy atom. The number of sulfonamides is 1. The molecule has 17 heteroatoms. The number of carbonyl (C=O) groups excluding carboxylic acids is 1. The van der Waals surface area contributed by atoms with Gasteiger partial charge in [0, 0.05) is 31.9 Å². The van der Waals surface area contributed by atoms with Crippen LogP contribution < -0.4 is 15.3 Å². The van der Waals surface area contributed by atoms with Gasteiger partial charge in [-0.1, -0.05) is 12.6 Å². The molecular weight excluding hydrogens is 637 g/mol. The van der Waals surface area contributed by atoms with E-state index < -0.39 is 67.1 Å². The number of rotatable bonds is 6. The SMILES string of the molecule is C=CC(=O)N1CCN(c2nc(=O)n(-c3c(C)ccnc3S(=O)(=O)NC)c3nc(-c4c(F)cccc4C(F)(F)F)c(F)cc23)[C@@H](C)C1. The Hall–Kier alpha value is -4.77. The van der Waals surface area contributed by atoms with Crippen molar-refractivity contribution in [3.05, 3.63) is 82.4 Å². The van der Waals surface area contributed by atoms with Gasteiger partial charge in [-0.2, -0.15) is 18.2 Å². The van der Waals surface area contributed by atoms with Gasteiger partial charge in [0.2, 0.25) is 5.91 Å². The number of hydrogen-bond donors (Lipinski definition) is 1. The first-order chi connectivity index (χ1) is 21.6. The predicted octanol–water partition coefficient (Wildman–Crippen LogP) is 3.58. The number of piperazine rings is 1. The number of aromatic nitrogens is 4. The molecule has 46 heavy (non-hydrogen) atoms. The molecule has 11 nitrogen and oxygen atoms in total. The van der Waals surface area contributed by atoms with Crippen molar-refractivity contribution in [1.29, 1.82) is 0 Å². The first-order valence-corrected chi connectivity index (χ1v) is 15.2. The first-order valence-electron chi connectivity index (χ1n) is 13.7. The standard InChI is InChI=1S/C29H26F5N7O4S/c1-5-21(42)39-11-12-40(16(3)14-39)25-17-13-20(31)23(22-18(29(32,33)34)7-6-8-19(22)30)37-26(17)41(28(43)38-25)24-15(2)9-10-36-27(24)46(44,45)35-4/h5-10,13,16,35H,1,11-12,14H2,2-4H3/t16-/m0/s1. The van der Waals surface area contributed by atoms with Gasteiger partial charge in [-0.15, -0.1) is 0 Å². The molecule has 1 aliphatic heterocycles. The predicted molar refractivity (Wildman–Crippen MR) is 158 cm³/mol. The van der Waals surface area contributed by atoms with Crippen molar-refractivity contribution in [3.8, 4) is 16.9 Å². The van der Waals surface area contributed by atoms with Gasteiger partial charge >= 0.3 is 11.9 Å². The van der Waals surface area contributed by atoms with Crippen molar-refractivity contribution in [2.24, 2.45) is 0 Å². The summed E-state index contributed by atoms with van der Waals surface area (Å²) in [5.41, 5.74) is -5.62. The molecule has 0 aliphatic carbocycles. The zero-order chi connectivity index (χ0) is 33.7. The van der Waals surface area contributed by atoms with Crippen LogP contribution in [0.15, 0.2) is 59.0 Å². The number of pyridine rings is 2. The number of amides is 1. The van der Waals surface area contributed by atoms with Crippen molar-refractivity contribution >= 4 is 32.8 Å². The Balaban J connectivity index is 1.90. The van der Waals surface area contributed by atoms with E-state index in [1.54, 1.807) is 11.8 Å². The van der Waals surface area contributed by atoms with Gasteiger partial charge in [-0.05, 0) is 56.8 Å². The van der Waals surface area contributed by atoms with Gasteiger partial charge in [-0.3, -0.25) is 4.79 Å². The lowest BCUT2D eigenvalue weighted by molar-refractivity contribution is -0.137. The molecule has 1 aliphatic rings. The zero-order valence-electron chi connectivity index (χ0n) is 24.6. The molecule has 242 valence electrons. The van der Waals surface area contributed by atoms with E-state index in [9.17, 15) is 31.2 Å². The van der Waals surface area contributed by atoms with Crippen LogP contribution in [0.1, 0.15) is 18.1 Å². The molecule has 1 aromatic carbocycles. The van der Waals surface area contributed by atoms with Crippen molar-refractivity contribution in [1.82, 2.24) is 29.1 Å². The number of anilines is 1. The van der Waals surface area contributed by atoms with Crippen LogP contribution in [0.2, 0.25) is 0 Å². The topological polar surface area (TPSA) is 130 Å². The average molecular weight is 664 g/mol. The summed E-state index contributed by atoms with van der Waals surface area (Å²) in [6, 6.07) is 3.71. The fourth-order valence-electron chi connectivity index (χ4n) is 5.39. The molecule has 0 saturated carbocycles. The molecule has 0 radical (unpaired) electrons. The maximum absolute atomic E-state index is 15.9. The van der Waals surface area contributed by atoms with Gasteiger partial charge in [-0.25, -0.2) is 41.3 Å². The molecule has 0 bridgehead atoms. The number of benzene rings is 1. The van der Waals surface area contributed by atoms with Gasteiger partial charge in [0.15, 0.2) is 16.5 Å². The molecule has 3 aromatic heterocycles. The lowest BCUT2D eigenvalue weighted by Gasteiger charge is -2.40. The quantitative estimate of drug-likeness (QED) is 0.245. The van der Waals surface area contributed by atoms with Gasteiger partial charge in [0.05, 0.1) is 22.2 Å². The molecule has 0 unspecified atom stereocenters. The van der Waals surface area contributed by atoms with E-state index in [4.69, 9.17) is 0 Å². The molecule has 4 heterocycles. The summed E-state index contributed by atoms with van der Waals surface area (Å²) in [6.45, 7) is 7.04. The largest absolute Gasteiger partial charge is 0.417 e. The number of carbonyl (C=O) groups is 1. The van der Waals surface area contributed by atoms with E-state index in [2.05, 4.69) is 26.3 Å². The summed E-state index contributed by atoms with van der Waals surface area (Å²) in [7, 11) is -3.26. The smallest absolute Gasteiger partial charge is 0.350 e. The number of alkyl halides is 3. The van der Waals surface area contributed by atoms with E-state index in [-0.39, 0.29) is 48.0 Å².